The van der Waals surface area contributed by atoms with Crippen LogP contribution in [0, 0.1) is 5.82 Å². The number of urea groups is 1. The first-order valence-corrected chi connectivity index (χ1v) is 8.25. The van der Waals surface area contributed by atoms with E-state index >= 15 is 0 Å². The van der Waals surface area contributed by atoms with Crippen LogP contribution in [0.3, 0.4) is 0 Å². The quantitative estimate of drug-likeness (QED) is 0.616. The van der Waals surface area contributed by atoms with Gasteiger partial charge in [0.05, 0.1) is 36.4 Å². The number of rotatable bonds is 6. The Morgan fingerprint density at radius 2 is 2.04 bits per heavy atom. The van der Waals surface area contributed by atoms with Crippen LogP contribution in [0.4, 0.5) is 15.0 Å². The highest BCUT2D eigenvalue weighted by Crippen LogP contribution is 2.28. The number of aromatic amines is 1. The van der Waals surface area contributed by atoms with E-state index in [1.165, 1.54) is 19.2 Å². The van der Waals surface area contributed by atoms with E-state index in [1.807, 2.05) is 0 Å². The molecule has 2 aromatic heterocycles. The summed E-state index contributed by atoms with van der Waals surface area (Å²) in [5.41, 5.74) is 2.03. The summed E-state index contributed by atoms with van der Waals surface area (Å²) in [5.74, 6) is 0.420. The molecule has 0 saturated heterocycles. The largest absolute Gasteiger partial charge is 0.479 e. The first-order chi connectivity index (χ1) is 13.0. The SMILES string of the molecule is COCc1nc(NC(=O)N[C@H](C)c2ccc(F)cc2)cc2[nH]nc(OC)c12. The lowest BCUT2D eigenvalue weighted by Gasteiger charge is -2.15. The third kappa shape index (κ3) is 4.14. The molecule has 0 bridgehead atoms. The number of ether oxygens (including phenoxy) is 2. The van der Waals surface area contributed by atoms with E-state index in [2.05, 4.69) is 25.8 Å². The van der Waals surface area contributed by atoms with Gasteiger partial charge < -0.3 is 14.8 Å². The number of benzene rings is 1. The van der Waals surface area contributed by atoms with Gasteiger partial charge >= 0.3 is 6.03 Å². The molecule has 142 valence electrons. The number of hydrogen-bond donors (Lipinski definition) is 3. The van der Waals surface area contributed by atoms with Crippen molar-refractivity contribution in [2.45, 2.75) is 19.6 Å². The maximum absolute atomic E-state index is 13.0. The molecule has 2 amide bonds. The van der Waals surface area contributed by atoms with Crippen molar-refractivity contribution in [3.05, 3.63) is 47.4 Å². The highest BCUT2D eigenvalue weighted by Gasteiger charge is 2.16. The molecule has 0 saturated carbocycles. The zero-order valence-electron chi connectivity index (χ0n) is 15.2. The molecular weight excluding hydrogens is 353 g/mol. The van der Waals surface area contributed by atoms with E-state index in [4.69, 9.17) is 9.47 Å². The summed E-state index contributed by atoms with van der Waals surface area (Å²) >= 11 is 0. The fraction of sp³-hybridized carbons (Fsp3) is 0.278. The number of aromatic nitrogens is 3. The Kier molecular flexibility index (Phi) is 5.51. The number of carbonyl (C=O) groups excluding carboxylic acids is 1. The number of methoxy groups -OCH3 is 2. The molecule has 8 nitrogen and oxygen atoms in total. The van der Waals surface area contributed by atoms with E-state index in [9.17, 15) is 9.18 Å². The van der Waals surface area contributed by atoms with Gasteiger partial charge in [0.2, 0.25) is 5.88 Å². The number of carbonyl (C=O) groups is 1. The van der Waals surface area contributed by atoms with Crippen molar-refractivity contribution < 1.29 is 18.7 Å². The van der Waals surface area contributed by atoms with Crippen molar-refractivity contribution in [2.24, 2.45) is 0 Å². The van der Waals surface area contributed by atoms with Gasteiger partial charge in [0.1, 0.15) is 11.6 Å². The molecule has 0 aliphatic heterocycles. The zero-order valence-corrected chi connectivity index (χ0v) is 15.2. The highest BCUT2D eigenvalue weighted by atomic mass is 19.1. The fourth-order valence-electron chi connectivity index (χ4n) is 2.73. The number of nitrogens with zero attached hydrogens (tertiary/aromatic N) is 2. The Bertz CT molecular complexity index is 942. The Balaban J connectivity index is 1.77. The van der Waals surface area contributed by atoms with Crippen LogP contribution >= 0.6 is 0 Å². The molecule has 1 atom stereocenters. The smallest absolute Gasteiger partial charge is 0.320 e. The minimum absolute atomic E-state index is 0.232. The van der Waals surface area contributed by atoms with Crippen LogP contribution in [0.1, 0.15) is 24.2 Å². The number of halogens is 1. The molecule has 0 unspecified atom stereocenters. The van der Waals surface area contributed by atoms with Gasteiger partial charge in [-0.25, -0.2) is 14.2 Å². The molecule has 3 N–H and O–H groups in total. The van der Waals surface area contributed by atoms with Crippen LogP contribution in [0.2, 0.25) is 0 Å². The summed E-state index contributed by atoms with van der Waals surface area (Å²) in [7, 11) is 3.07. The van der Waals surface area contributed by atoms with Gasteiger partial charge in [-0.15, -0.1) is 5.10 Å². The number of H-pyrrole nitrogens is 1. The minimum Gasteiger partial charge on any atom is -0.479 e. The fourth-order valence-corrected chi connectivity index (χ4v) is 2.73. The normalized spacial score (nSPS) is 12.0. The first-order valence-electron chi connectivity index (χ1n) is 8.25. The van der Waals surface area contributed by atoms with Gasteiger partial charge in [-0.2, -0.15) is 0 Å². The van der Waals surface area contributed by atoms with Gasteiger partial charge in [0.25, 0.3) is 0 Å². The number of fused-ring (bicyclic) bond motifs is 1. The number of hydrogen-bond acceptors (Lipinski definition) is 5. The van der Waals surface area contributed by atoms with Crippen molar-refractivity contribution >= 4 is 22.8 Å². The monoisotopic (exact) mass is 373 g/mol. The standard InChI is InChI=1S/C18H20FN5O3/c1-10(11-4-6-12(19)7-5-11)20-18(25)22-15-8-13-16(14(21-15)9-26-2)17(27-3)24-23-13/h4-8,10H,9H2,1-3H3,(H,23,24)(H2,20,21,22,25)/t10-/m1/s1. The average Bonchev–Trinajstić information content (AvgIpc) is 3.05. The molecule has 27 heavy (non-hydrogen) atoms. The number of nitrogens with one attached hydrogen (secondary N) is 3. The molecule has 0 spiro atoms. The van der Waals surface area contributed by atoms with E-state index in [-0.39, 0.29) is 18.5 Å². The lowest BCUT2D eigenvalue weighted by molar-refractivity contribution is 0.182. The summed E-state index contributed by atoms with van der Waals surface area (Å²) < 4.78 is 23.4. The van der Waals surface area contributed by atoms with Crippen molar-refractivity contribution in [1.29, 1.82) is 0 Å². The molecule has 0 radical (unpaired) electrons. The zero-order chi connectivity index (χ0) is 19.4. The number of amides is 2. The third-order valence-corrected chi connectivity index (χ3v) is 4.02. The number of anilines is 1. The van der Waals surface area contributed by atoms with Crippen LogP contribution in [-0.4, -0.2) is 35.4 Å². The molecule has 3 aromatic rings. The second-order valence-electron chi connectivity index (χ2n) is 5.91. The summed E-state index contributed by atoms with van der Waals surface area (Å²) in [5, 5.41) is 13.1. The van der Waals surface area contributed by atoms with E-state index in [0.29, 0.717) is 28.3 Å². The minimum atomic E-state index is -0.437. The topological polar surface area (TPSA) is 101 Å². The molecule has 9 heteroatoms. The lowest BCUT2D eigenvalue weighted by Crippen LogP contribution is -2.31. The highest BCUT2D eigenvalue weighted by molar-refractivity contribution is 5.93. The molecular formula is C18H20FN5O3. The molecule has 0 aliphatic carbocycles. The van der Waals surface area contributed by atoms with Crippen molar-refractivity contribution in [1.82, 2.24) is 20.5 Å². The van der Waals surface area contributed by atoms with Crippen LogP contribution < -0.4 is 15.4 Å². The van der Waals surface area contributed by atoms with E-state index < -0.39 is 6.03 Å². The van der Waals surface area contributed by atoms with Gasteiger partial charge in [0, 0.05) is 13.2 Å². The van der Waals surface area contributed by atoms with Crippen molar-refractivity contribution in [3.8, 4) is 5.88 Å². The molecule has 0 fully saturated rings. The van der Waals surface area contributed by atoms with Gasteiger partial charge in [-0.05, 0) is 24.6 Å². The molecule has 1 aromatic carbocycles. The third-order valence-electron chi connectivity index (χ3n) is 4.02. The van der Waals surface area contributed by atoms with Crippen molar-refractivity contribution in [2.75, 3.05) is 19.5 Å². The average molecular weight is 373 g/mol. The molecule has 0 aliphatic rings. The lowest BCUT2D eigenvalue weighted by atomic mass is 10.1. The van der Waals surface area contributed by atoms with Gasteiger partial charge in [-0.1, -0.05) is 12.1 Å². The second kappa shape index (κ2) is 8.00. The first kappa shape index (κ1) is 18.6. The summed E-state index contributed by atoms with van der Waals surface area (Å²) in [4.78, 5) is 16.7. The van der Waals surface area contributed by atoms with E-state index in [1.54, 1.807) is 32.2 Å². The van der Waals surface area contributed by atoms with E-state index in [0.717, 1.165) is 5.56 Å². The van der Waals surface area contributed by atoms with Gasteiger partial charge in [-0.3, -0.25) is 10.4 Å². The summed E-state index contributed by atoms with van der Waals surface area (Å²) in [6.45, 7) is 2.04. The van der Waals surface area contributed by atoms with Gasteiger partial charge in [0.15, 0.2) is 0 Å². The maximum Gasteiger partial charge on any atom is 0.320 e. The predicted octanol–water partition coefficient (Wildman–Crippen LogP) is 3.13. The Morgan fingerprint density at radius 1 is 1.30 bits per heavy atom. The predicted molar refractivity (Wildman–Crippen MR) is 98.1 cm³/mol. The Morgan fingerprint density at radius 3 is 2.70 bits per heavy atom. The van der Waals surface area contributed by atoms with Crippen LogP contribution in [0.25, 0.3) is 10.9 Å². The Labute approximate surface area is 155 Å². The Hall–Kier alpha value is -3.20. The van der Waals surface area contributed by atoms with Crippen LogP contribution in [-0.2, 0) is 11.3 Å². The second-order valence-corrected chi connectivity index (χ2v) is 5.91. The molecule has 3 rings (SSSR count). The van der Waals surface area contributed by atoms with Crippen LogP contribution in [0.15, 0.2) is 30.3 Å². The summed E-state index contributed by atoms with van der Waals surface area (Å²) in [6, 6.07) is 6.86. The molecule has 2 heterocycles. The maximum atomic E-state index is 13.0. The number of pyridine rings is 1. The summed E-state index contributed by atoms with van der Waals surface area (Å²) in [6.07, 6.45) is 0. The van der Waals surface area contributed by atoms with Crippen LogP contribution in [0.5, 0.6) is 5.88 Å². The van der Waals surface area contributed by atoms with Crippen molar-refractivity contribution in [3.63, 3.8) is 0 Å².